The summed E-state index contributed by atoms with van der Waals surface area (Å²) >= 11 is 0. The maximum atomic E-state index is 13.0. The molecule has 0 spiro atoms. The lowest BCUT2D eigenvalue weighted by Crippen LogP contribution is -2.32. The minimum absolute atomic E-state index is 0.234. The van der Waals surface area contributed by atoms with Gasteiger partial charge < -0.3 is 10.4 Å². The smallest absolute Gasteiger partial charge is 0.251 e. The first-order valence-electron chi connectivity index (χ1n) is 10.2. The number of benzene rings is 3. The molecule has 4 aromatic rings. The fraction of sp³-hybridized carbons (Fsp3) is 0.111. The van der Waals surface area contributed by atoms with Gasteiger partial charge in [-0.25, -0.2) is 0 Å². The maximum Gasteiger partial charge on any atom is 0.251 e. The molecule has 0 aliphatic heterocycles. The Kier molecular flexibility index (Phi) is 6.20. The Morgan fingerprint density at radius 3 is 2.06 bits per heavy atom. The minimum atomic E-state index is -0.869. The third-order valence-electron chi connectivity index (χ3n) is 5.38. The summed E-state index contributed by atoms with van der Waals surface area (Å²) in [7, 11) is 0. The van der Waals surface area contributed by atoms with E-state index in [-0.39, 0.29) is 5.91 Å². The van der Waals surface area contributed by atoms with Gasteiger partial charge in [0.25, 0.3) is 5.91 Å². The highest BCUT2D eigenvalue weighted by molar-refractivity contribution is 5.95. The third kappa shape index (κ3) is 4.71. The van der Waals surface area contributed by atoms with E-state index in [2.05, 4.69) is 10.3 Å². The lowest BCUT2D eigenvalue weighted by molar-refractivity contribution is 0.0831. The SMILES string of the molecule is Cc1cnccc1-c1ccc(C(=O)N[C@H](c2ccccc2)[C@H](O)c2ccccc2)cc1. The Morgan fingerprint density at radius 2 is 1.45 bits per heavy atom. The number of hydrogen-bond acceptors (Lipinski definition) is 3. The van der Waals surface area contributed by atoms with E-state index in [1.807, 2.05) is 104 Å². The van der Waals surface area contributed by atoms with E-state index < -0.39 is 12.1 Å². The second kappa shape index (κ2) is 9.37. The van der Waals surface area contributed by atoms with Crippen LogP contribution in [-0.2, 0) is 0 Å². The highest BCUT2D eigenvalue weighted by Crippen LogP contribution is 2.29. The number of aliphatic hydroxyl groups excluding tert-OH is 1. The monoisotopic (exact) mass is 408 g/mol. The van der Waals surface area contributed by atoms with Crippen molar-refractivity contribution in [2.24, 2.45) is 0 Å². The van der Waals surface area contributed by atoms with E-state index in [0.717, 1.165) is 27.8 Å². The van der Waals surface area contributed by atoms with Crippen molar-refractivity contribution in [2.45, 2.75) is 19.1 Å². The number of aryl methyl sites for hydroxylation is 1. The lowest BCUT2D eigenvalue weighted by Gasteiger charge is -2.25. The number of nitrogens with zero attached hydrogens (tertiary/aromatic N) is 1. The number of carbonyl (C=O) groups is 1. The van der Waals surface area contributed by atoms with Crippen LogP contribution in [0.5, 0.6) is 0 Å². The standard InChI is InChI=1S/C27H24N2O2/c1-19-18-28-17-16-24(19)20-12-14-23(15-13-20)27(31)29-25(21-8-4-2-5-9-21)26(30)22-10-6-3-7-11-22/h2-18,25-26,30H,1H3,(H,29,31)/t25-,26-/m1/s1. The molecule has 0 unspecified atom stereocenters. The van der Waals surface area contributed by atoms with E-state index in [0.29, 0.717) is 5.56 Å². The first-order valence-corrected chi connectivity index (χ1v) is 10.2. The Morgan fingerprint density at radius 1 is 0.839 bits per heavy atom. The third-order valence-corrected chi connectivity index (χ3v) is 5.38. The van der Waals surface area contributed by atoms with Gasteiger partial charge >= 0.3 is 0 Å². The van der Waals surface area contributed by atoms with Crippen LogP contribution in [0.3, 0.4) is 0 Å². The van der Waals surface area contributed by atoms with E-state index in [9.17, 15) is 9.90 Å². The normalized spacial score (nSPS) is 12.7. The van der Waals surface area contributed by atoms with E-state index in [1.165, 1.54) is 0 Å². The molecule has 4 rings (SSSR count). The molecule has 1 amide bonds. The summed E-state index contributed by atoms with van der Waals surface area (Å²) < 4.78 is 0. The number of amides is 1. The molecule has 2 atom stereocenters. The molecule has 154 valence electrons. The number of carbonyl (C=O) groups excluding carboxylic acids is 1. The van der Waals surface area contributed by atoms with E-state index in [1.54, 1.807) is 6.20 Å². The summed E-state index contributed by atoms with van der Waals surface area (Å²) in [5.41, 5.74) is 5.33. The Bertz CT molecular complexity index is 1140. The molecule has 0 aliphatic rings. The van der Waals surface area contributed by atoms with Crippen LogP contribution in [0, 0.1) is 6.92 Å². The van der Waals surface area contributed by atoms with Gasteiger partial charge in [0.1, 0.15) is 6.10 Å². The largest absolute Gasteiger partial charge is 0.386 e. The van der Waals surface area contributed by atoms with Crippen molar-refractivity contribution in [1.82, 2.24) is 10.3 Å². The van der Waals surface area contributed by atoms with Crippen molar-refractivity contribution in [3.05, 3.63) is 126 Å². The van der Waals surface area contributed by atoms with Crippen LogP contribution in [0.4, 0.5) is 0 Å². The summed E-state index contributed by atoms with van der Waals surface area (Å²) in [4.78, 5) is 17.2. The van der Waals surface area contributed by atoms with Crippen LogP contribution in [0.1, 0.15) is 39.2 Å². The van der Waals surface area contributed by atoms with Crippen LogP contribution >= 0.6 is 0 Å². The Hall–Kier alpha value is -3.76. The molecule has 1 aromatic heterocycles. The van der Waals surface area contributed by atoms with Crippen LogP contribution in [0.15, 0.2) is 103 Å². The van der Waals surface area contributed by atoms with Crippen molar-refractivity contribution in [3.63, 3.8) is 0 Å². The van der Waals surface area contributed by atoms with Gasteiger partial charge in [0, 0.05) is 18.0 Å². The summed E-state index contributed by atoms with van der Waals surface area (Å²) in [5, 5.41) is 14.1. The summed E-state index contributed by atoms with van der Waals surface area (Å²) in [6.45, 7) is 2.01. The Balaban J connectivity index is 1.58. The Labute approximate surface area is 182 Å². The van der Waals surface area contributed by atoms with Crippen LogP contribution in [0.2, 0.25) is 0 Å². The molecule has 0 saturated carbocycles. The van der Waals surface area contributed by atoms with Crippen LogP contribution < -0.4 is 5.32 Å². The average Bonchev–Trinajstić information content (AvgIpc) is 2.83. The summed E-state index contributed by atoms with van der Waals surface area (Å²) in [5.74, 6) is -0.234. The van der Waals surface area contributed by atoms with Crippen LogP contribution in [0.25, 0.3) is 11.1 Å². The second-order valence-electron chi connectivity index (χ2n) is 7.49. The van der Waals surface area contributed by atoms with Gasteiger partial charge in [0.2, 0.25) is 0 Å². The number of pyridine rings is 1. The average molecular weight is 409 g/mol. The molecule has 0 radical (unpaired) electrons. The predicted molar refractivity (Wildman–Crippen MR) is 122 cm³/mol. The quantitative estimate of drug-likeness (QED) is 0.457. The fourth-order valence-corrected chi connectivity index (χ4v) is 3.67. The van der Waals surface area contributed by atoms with Crippen molar-refractivity contribution in [2.75, 3.05) is 0 Å². The van der Waals surface area contributed by atoms with Gasteiger partial charge in [-0.15, -0.1) is 0 Å². The van der Waals surface area contributed by atoms with Crippen molar-refractivity contribution < 1.29 is 9.90 Å². The molecule has 31 heavy (non-hydrogen) atoms. The first-order chi connectivity index (χ1) is 15.1. The number of rotatable bonds is 6. The number of hydrogen-bond donors (Lipinski definition) is 2. The zero-order valence-electron chi connectivity index (χ0n) is 17.3. The molecule has 4 heteroatoms. The van der Waals surface area contributed by atoms with E-state index in [4.69, 9.17) is 0 Å². The molecule has 0 aliphatic carbocycles. The van der Waals surface area contributed by atoms with Crippen molar-refractivity contribution >= 4 is 5.91 Å². The highest BCUT2D eigenvalue weighted by atomic mass is 16.3. The van der Waals surface area contributed by atoms with Gasteiger partial charge in [-0.05, 0) is 52.9 Å². The fourth-order valence-electron chi connectivity index (χ4n) is 3.67. The van der Waals surface area contributed by atoms with Gasteiger partial charge in [0.05, 0.1) is 6.04 Å². The minimum Gasteiger partial charge on any atom is -0.386 e. The lowest BCUT2D eigenvalue weighted by atomic mass is 9.95. The second-order valence-corrected chi connectivity index (χ2v) is 7.49. The topological polar surface area (TPSA) is 62.2 Å². The molecule has 3 aromatic carbocycles. The zero-order chi connectivity index (χ0) is 21.6. The number of nitrogens with one attached hydrogen (secondary N) is 1. The molecule has 0 fully saturated rings. The maximum absolute atomic E-state index is 13.0. The molecule has 4 nitrogen and oxygen atoms in total. The first kappa shape index (κ1) is 20.5. The van der Waals surface area contributed by atoms with Crippen LogP contribution in [-0.4, -0.2) is 16.0 Å². The molecule has 1 heterocycles. The highest BCUT2D eigenvalue weighted by Gasteiger charge is 2.25. The predicted octanol–water partition coefficient (Wildman–Crippen LogP) is 5.26. The zero-order valence-corrected chi connectivity index (χ0v) is 17.3. The van der Waals surface area contributed by atoms with Gasteiger partial charge in [-0.2, -0.15) is 0 Å². The molecule has 2 N–H and O–H groups in total. The summed E-state index contributed by atoms with van der Waals surface area (Å²) in [6, 6.07) is 27.8. The van der Waals surface area contributed by atoms with Gasteiger partial charge in [0.15, 0.2) is 0 Å². The van der Waals surface area contributed by atoms with Crippen molar-refractivity contribution in [3.8, 4) is 11.1 Å². The van der Waals surface area contributed by atoms with E-state index >= 15 is 0 Å². The summed E-state index contributed by atoms with van der Waals surface area (Å²) in [6.07, 6.45) is 2.72. The molecule has 0 bridgehead atoms. The van der Waals surface area contributed by atoms with Crippen molar-refractivity contribution in [1.29, 1.82) is 0 Å². The molecular weight excluding hydrogens is 384 g/mol. The van der Waals surface area contributed by atoms with Gasteiger partial charge in [-0.3, -0.25) is 9.78 Å². The molecule has 0 saturated heterocycles. The number of aromatic nitrogens is 1. The van der Waals surface area contributed by atoms with Gasteiger partial charge in [-0.1, -0.05) is 72.8 Å². The number of aliphatic hydroxyl groups is 1. The molecular formula is C27H24N2O2.